The van der Waals surface area contributed by atoms with Crippen molar-refractivity contribution in [1.29, 1.82) is 0 Å². The van der Waals surface area contributed by atoms with Crippen LogP contribution in [-0.2, 0) is 19.1 Å². The minimum Gasteiger partial charge on any atom is -0.457 e. The maximum Gasteiger partial charge on any atom is 0.306 e. The number of rotatable bonds is 9. The average molecular weight is 525 g/mol. The Kier molecular flexibility index (Phi) is 8.81. The summed E-state index contributed by atoms with van der Waals surface area (Å²) in [5, 5.41) is 5.44. The Morgan fingerprint density at radius 1 is 0.765 bits per heavy atom. The molecule has 0 heterocycles. The van der Waals surface area contributed by atoms with Gasteiger partial charge >= 0.3 is 5.97 Å². The van der Waals surface area contributed by atoms with Crippen molar-refractivity contribution >= 4 is 45.1 Å². The third kappa shape index (κ3) is 7.45. The van der Waals surface area contributed by atoms with Gasteiger partial charge in [0.2, 0.25) is 5.91 Å². The van der Waals surface area contributed by atoms with Crippen LogP contribution in [0.25, 0.3) is 0 Å². The molecule has 2 N–H and O–H groups in total. The third-order valence-electron chi connectivity index (χ3n) is 5.03. The first-order valence-corrected chi connectivity index (χ1v) is 11.4. The van der Waals surface area contributed by atoms with Gasteiger partial charge in [0, 0.05) is 22.3 Å². The molecular weight excluding hydrogens is 500 g/mol. The van der Waals surface area contributed by atoms with E-state index in [1.165, 1.54) is 0 Å². The molecule has 8 heteroatoms. The molecule has 0 aromatic heterocycles. The number of nitrogens with one attached hydrogen (secondary N) is 2. The van der Waals surface area contributed by atoms with Gasteiger partial charge in [-0.1, -0.05) is 34.1 Å². The number of para-hydroxylation sites is 1. The van der Waals surface area contributed by atoms with E-state index in [0.717, 1.165) is 15.6 Å². The second kappa shape index (κ2) is 12.0. The van der Waals surface area contributed by atoms with Crippen LogP contribution in [0.3, 0.4) is 0 Å². The molecule has 0 bridgehead atoms. The van der Waals surface area contributed by atoms with Crippen molar-refractivity contribution in [2.45, 2.75) is 26.7 Å². The van der Waals surface area contributed by atoms with Crippen molar-refractivity contribution in [2.75, 3.05) is 17.2 Å². The van der Waals surface area contributed by atoms with E-state index in [-0.39, 0.29) is 18.7 Å². The number of anilines is 2. The van der Waals surface area contributed by atoms with Gasteiger partial charge in [-0.25, -0.2) is 0 Å². The highest BCUT2D eigenvalue weighted by Gasteiger charge is 2.13. The maximum absolute atomic E-state index is 12.1. The topological polar surface area (TPSA) is 93.7 Å². The fraction of sp³-hybridized carbons (Fsp3) is 0.192. The van der Waals surface area contributed by atoms with E-state index in [4.69, 9.17) is 9.47 Å². The Morgan fingerprint density at radius 3 is 2.15 bits per heavy atom. The predicted octanol–water partition coefficient (Wildman–Crippen LogP) is 5.76. The number of halogens is 1. The normalized spacial score (nSPS) is 10.3. The van der Waals surface area contributed by atoms with Crippen molar-refractivity contribution < 1.29 is 23.9 Å². The van der Waals surface area contributed by atoms with Crippen LogP contribution >= 0.6 is 15.9 Å². The summed E-state index contributed by atoms with van der Waals surface area (Å²) in [4.78, 5) is 36.2. The van der Waals surface area contributed by atoms with E-state index in [0.29, 0.717) is 22.9 Å². The van der Waals surface area contributed by atoms with E-state index in [1.54, 1.807) is 30.3 Å². The number of amides is 2. The fourth-order valence-electron chi connectivity index (χ4n) is 3.00. The van der Waals surface area contributed by atoms with Crippen LogP contribution in [-0.4, -0.2) is 24.4 Å². The second-order valence-electron chi connectivity index (χ2n) is 7.54. The number of ether oxygens (including phenoxy) is 2. The summed E-state index contributed by atoms with van der Waals surface area (Å²) in [6, 6.07) is 19.9. The average Bonchev–Trinajstić information content (AvgIpc) is 2.84. The minimum absolute atomic E-state index is 0.0618. The second-order valence-corrected chi connectivity index (χ2v) is 8.40. The molecular formula is C26H25BrN2O5. The van der Waals surface area contributed by atoms with Crippen LogP contribution < -0.4 is 15.4 Å². The molecule has 0 atom stereocenters. The molecule has 0 aliphatic rings. The van der Waals surface area contributed by atoms with E-state index in [9.17, 15) is 14.4 Å². The minimum atomic E-state index is -0.624. The number of hydrogen-bond donors (Lipinski definition) is 2. The molecule has 0 radical (unpaired) electrons. The molecule has 3 rings (SSSR count). The molecule has 3 aromatic rings. The van der Waals surface area contributed by atoms with Gasteiger partial charge in [0.25, 0.3) is 5.91 Å². The monoisotopic (exact) mass is 524 g/mol. The summed E-state index contributed by atoms with van der Waals surface area (Å²) in [5.74, 6) is -0.0479. The SMILES string of the molecule is Cc1c(Br)ccc(NC(=O)COC(=O)CCC(=O)Nc2ccc(Oc3ccccc3)cc2)c1C. The summed E-state index contributed by atoms with van der Waals surface area (Å²) in [6.45, 7) is 3.41. The number of carbonyl (C=O) groups excluding carboxylic acids is 3. The highest BCUT2D eigenvalue weighted by molar-refractivity contribution is 9.10. The first kappa shape index (κ1) is 25.0. The Balaban J connectivity index is 1.38. The van der Waals surface area contributed by atoms with Crippen molar-refractivity contribution in [1.82, 2.24) is 0 Å². The van der Waals surface area contributed by atoms with E-state index in [2.05, 4.69) is 26.6 Å². The zero-order valence-electron chi connectivity index (χ0n) is 18.9. The summed E-state index contributed by atoms with van der Waals surface area (Å²) >= 11 is 3.44. The van der Waals surface area contributed by atoms with E-state index in [1.807, 2.05) is 50.2 Å². The molecule has 2 amide bonds. The molecule has 3 aromatic carbocycles. The Labute approximate surface area is 206 Å². The fourth-order valence-corrected chi connectivity index (χ4v) is 3.43. The largest absolute Gasteiger partial charge is 0.457 e. The summed E-state index contributed by atoms with van der Waals surface area (Å²) in [5.41, 5.74) is 3.17. The molecule has 0 unspecified atom stereocenters. The number of benzene rings is 3. The van der Waals surface area contributed by atoms with Crippen molar-refractivity contribution in [3.63, 3.8) is 0 Å². The standard InChI is InChI=1S/C26H25BrN2O5/c1-17-18(2)23(13-12-22(17)27)29-25(31)16-33-26(32)15-14-24(30)28-19-8-10-21(11-9-19)34-20-6-4-3-5-7-20/h3-13H,14-16H2,1-2H3,(H,28,30)(H,29,31). The Bertz CT molecular complexity index is 1160. The molecule has 7 nitrogen and oxygen atoms in total. The zero-order valence-corrected chi connectivity index (χ0v) is 20.5. The van der Waals surface area contributed by atoms with Crippen LogP contribution in [0.5, 0.6) is 11.5 Å². The molecule has 0 saturated carbocycles. The van der Waals surface area contributed by atoms with Gasteiger partial charge in [0.05, 0.1) is 6.42 Å². The molecule has 34 heavy (non-hydrogen) atoms. The quantitative estimate of drug-likeness (QED) is 0.347. The van der Waals surface area contributed by atoms with Gasteiger partial charge in [0.15, 0.2) is 6.61 Å². The lowest BCUT2D eigenvalue weighted by Crippen LogP contribution is -2.22. The van der Waals surface area contributed by atoms with Crippen molar-refractivity contribution in [3.8, 4) is 11.5 Å². The maximum atomic E-state index is 12.1. The third-order valence-corrected chi connectivity index (χ3v) is 5.89. The zero-order chi connectivity index (χ0) is 24.5. The van der Waals surface area contributed by atoms with Gasteiger partial charge in [-0.3, -0.25) is 14.4 Å². The summed E-state index contributed by atoms with van der Waals surface area (Å²) in [6.07, 6.45) is -0.196. The molecule has 0 fully saturated rings. The van der Waals surface area contributed by atoms with Crippen molar-refractivity contribution in [2.24, 2.45) is 0 Å². The van der Waals surface area contributed by atoms with Crippen LogP contribution in [0, 0.1) is 13.8 Å². The first-order valence-electron chi connectivity index (χ1n) is 10.7. The number of carbonyl (C=O) groups is 3. The lowest BCUT2D eigenvalue weighted by molar-refractivity contribution is -0.147. The Morgan fingerprint density at radius 2 is 1.44 bits per heavy atom. The molecule has 0 aliphatic heterocycles. The van der Waals surface area contributed by atoms with Crippen LogP contribution in [0.1, 0.15) is 24.0 Å². The first-order chi connectivity index (χ1) is 16.3. The smallest absolute Gasteiger partial charge is 0.306 e. The van der Waals surface area contributed by atoms with Crippen LogP contribution in [0.4, 0.5) is 11.4 Å². The van der Waals surface area contributed by atoms with E-state index < -0.39 is 18.5 Å². The Hall–Kier alpha value is -3.65. The molecule has 176 valence electrons. The molecule has 0 spiro atoms. The lowest BCUT2D eigenvalue weighted by atomic mass is 10.1. The van der Waals surface area contributed by atoms with Crippen LogP contribution in [0.15, 0.2) is 71.2 Å². The number of hydrogen-bond acceptors (Lipinski definition) is 5. The van der Waals surface area contributed by atoms with Crippen molar-refractivity contribution in [3.05, 3.63) is 82.3 Å². The van der Waals surface area contributed by atoms with E-state index >= 15 is 0 Å². The summed E-state index contributed by atoms with van der Waals surface area (Å²) in [7, 11) is 0. The predicted molar refractivity (Wildman–Crippen MR) is 134 cm³/mol. The lowest BCUT2D eigenvalue weighted by Gasteiger charge is -2.12. The highest BCUT2D eigenvalue weighted by Crippen LogP contribution is 2.26. The van der Waals surface area contributed by atoms with Gasteiger partial charge in [-0.2, -0.15) is 0 Å². The van der Waals surface area contributed by atoms with Crippen LogP contribution in [0.2, 0.25) is 0 Å². The van der Waals surface area contributed by atoms with Gasteiger partial charge in [-0.15, -0.1) is 0 Å². The van der Waals surface area contributed by atoms with Gasteiger partial charge < -0.3 is 20.1 Å². The van der Waals surface area contributed by atoms with Gasteiger partial charge in [0.1, 0.15) is 11.5 Å². The summed E-state index contributed by atoms with van der Waals surface area (Å²) < 4.78 is 11.6. The molecule has 0 aliphatic carbocycles. The number of esters is 1. The van der Waals surface area contributed by atoms with Gasteiger partial charge in [-0.05, 0) is 73.5 Å². The highest BCUT2D eigenvalue weighted by atomic mass is 79.9. The molecule has 0 saturated heterocycles.